The van der Waals surface area contributed by atoms with Crippen LogP contribution in [0, 0.1) is 11.7 Å². The van der Waals surface area contributed by atoms with Crippen LogP contribution < -0.4 is 10.6 Å². The zero-order chi connectivity index (χ0) is 12.3. The second-order valence-electron chi connectivity index (χ2n) is 4.16. The summed E-state index contributed by atoms with van der Waals surface area (Å²) in [5.74, 6) is -0.358. The van der Waals surface area contributed by atoms with E-state index in [4.69, 9.17) is 11.6 Å². The zero-order valence-electron chi connectivity index (χ0n) is 9.30. The van der Waals surface area contributed by atoms with Crippen LogP contribution in [-0.2, 0) is 11.3 Å². The van der Waals surface area contributed by atoms with Gasteiger partial charge in [0, 0.05) is 13.1 Å². The monoisotopic (exact) mass is 256 g/mol. The second-order valence-corrected chi connectivity index (χ2v) is 4.56. The van der Waals surface area contributed by atoms with Crippen LogP contribution in [0.2, 0.25) is 5.02 Å². The molecule has 1 heterocycles. The average Bonchev–Trinajstić information content (AvgIpc) is 2.84. The number of rotatable bonds is 3. The summed E-state index contributed by atoms with van der Waals surface area (Å²) in [6, 6.07) is 4.46. The summed E-state index contributed by atoms with van der Waals surface area (Å²) in [7, 11) is 0. The second kappa shape index (κ2) is 5.47. The molecule has 3 nitrogen and oxygen atoms in total. The van der Waals surface area contributed by atoms with Crippen molar-refractivity contribution in [3.05, 3.63) is 34.6 Å². The highest BCUT2D eigenvalue weighted by molar-refractivity contribution is 6.30. The van der Waals surface area contributed by atoms with Gasteiger partial charge in [0.05, 0.1) is 10.9 Å². The average molecular weight is 257 g/mol. The summed E-state index contributed by atoms with van der Waals surface area (Å²) in [4.78, 5) is 11.7. The van der Waals surface area contributed by atoms with Gasteiger partial charge in [0.25, 0.3) is 0 Å². The number of hydrogen-bond acceptors (Lipinski definition) is 2. The fourth-order valence-electron chi connectivity index (χ4n) is 1.86. The predicted molar refractivity (Wildman–Crippen MR) is 64.2 cm³/mol. The van der Waals surface area contributed by atoms with Crippen LogP contribution in [0.1, 0.15) is 12.0 Å². The third-order valence-corrected chi connectivity index (χ3v) is 3.17. The van der Waals surface area contributed by atoms with Crippen molar-refractivity contribution in [2.24, 2.45) is 5.92 Å². The summed E-state index contributed by atoms with van der Waals surface area (Å²) in [5, 5.41) is 6.05. The van der Waals surface area contributed by atoms with Gasteiger partial charge in [0.15, 0.2) is 0 Å². The first-order valence-electron chi connectivity index (χ1n) is 5.59. The Morgan fingerprint density at radius 3 is 3.06 bits per heavy atom. The van der Waals surface area contributed by atoms with Gasteiger partial charge in [-0.05, 0) is 30.7 Å². The first kappa shape index (κ1) is 12.3. The van der Waals surface area contributed by atoms with Gasteiger partial charge in [-0.2, -0.15) is 0 Å². The van der Waals surface area contributed by atoms with Gasteiger partial charge >= 0.3 is 0 Å². The van der Waals surface area contributed by atoms with E-state index in [1.165, 1.54) is 12.1 Å². The summed E-state index contributed by atoms with van der Waals surface area (Å²) in [6.45, 7) is 2.01. The zero-order valence-corrected chi connectivity index (χ0v) is 10.1. The van der Waals surface area contributed by atoms with Crippen LogP contribution >= 0.6 is 11.6 Å². The standard InChI is InChI=1S/C12H14ClFN2O/c13-10-5-8(1-2-11(10)14)6-16-12(17)9-3-4-15-7-9/h1-2,5,9,15H,3-4,6-7H2,(H,16,17). The summed E-state index contributed by atoms with van der Waals surface area (Å²) < 4.78 is 12.9. The molecule has 1 aromatic carbocycles. The van der Waals surface area contributed by atoms with E-state index >= 15 is 0 Å². The Kier molecular flexibility index (Phi) is 3.97. The normalized spacial score (nSPS) is 19.3. The molecule has 0 aromatic heterocycles. The van der Waals surface area contributed by atoms with Crippen LogP contribution in [0.5, 0.6) is 0 Å². The van der Waals surface area contributed by atoms with Crippen molar-refractivity contribution in [3.8, 4) is 0 Å². The number of amides is 1. The molecule has 2 N–H and O–H groups in total. The Labute approximate surface area is 104 Å². The number of benzene rings is 1. The third kappa shape index (κ3) is 3.17. The number of halogens is 2. The maximum Gasteiger partial charge on any atom is 0.224 e. The molecule has 0 aliphatic carbocycles. The molecule has 2 rings (SSSR count). The Bertz CT molecular complexity index is 419. The third-order valence-electron chi connectivity index (χ3n) is 2.88. The smallest absolute Gasteiger partial charge is 0.224 e. The van der Waals surface area contributed by atoms with Crippen molar-refractivity contribution in [2.45, 2.75) is 13.0 Å². The minimum atomic E-state index is -0.443. The van der Waals surface area contributed by atoms with Gasteiger partial charge < -0.3 is 10.6 Å². The first-order chi connectivity index (χ1) is 8.16. The van der Waals surface area contributed by atoms with E-state index in [2.05, 4.69) is 10.6 Å². The highest BCUT2D eigenvalue weighted by Crippen LogP contribution is 2.16. The molecule has 1 aliphatic rings. The number of carbonyl (C=O) groups excluding carboxylic acids is 1. The van der Waals surface area contributed by atoms with Gasteiger partial charge in [0.2, 0.25) is 5.91 Å². The Morgan fingerprint density at radius 1 is 1.59 bits per heavy atom. The number of carbonyl (C=O) groups is 1. The largest absolute Gasteiger partial charge is 0.352 e. The Hall–Kier alpha value is -1.13. The molecule has 5 heteroatoms. The van der Waals surface area contributed by atoms with Crippen molar-refractivity contribution in [2.75, 3.05) is 13.1 Å². The van der Waals surface area contributed by atoms with E-state index in [9.17, 15) is 9.18 Å². The van der Waals surface area contributed by atoms with Crippen molar-refractivity contribution < 1.29 is 9.18 Å². The van der Waals surface area contributed by atoms with E-state index in [0.29, 0.717) is 6.54 Å². The fourth-order valence-corrected chi connectivity index (χ4v) is 2.06. The SMILES string of the molecule is O=C(NCc1ccc(F)c(Cl)c1)C1CCNC1. The molecule has 0 saturated carbocycles. The molecular formula is C12H14ClFN2O. The predicted octanol–water partition coefficient (Wildman–Crippen LogP) is 1.70. The van der Waals surface area contributed by atoms with Gasteiger partial charge in [-0.15, -0.1) is 0 Å². The minimum absolute atomic E-state index is 0.0375. The highest BCUT2D eigenvalue weighted by Gasteiger charge is 2.21. The van der Waals surface area contributed by atoms with E-state index in [-0.39, 0.29) is 16.8 Å². The number of nitrogens with one attached hydrogen (secondary N) is 2. The van der Waals surface area contributed by atoms with Crippen LogP contribution in [0.25, 0.3) is 0 Å². The van der Waals surface area contributed by atoms with Crippen LogP contribution in [0.3, 0.4) is 0 Å². The van der Waals surface area contributed by atoms with Gasteiger partial charge in [-0.25, -0.2) is 4.39 Å². The van der Waals surface area contributed by atoms with Crippen LogP contribution in [0.4, 0.5) is 4.39 Å². The van der Waals surface area contributed by atoms with Crippen molar-refractivity contribution in [3.63, 3.8) is 0 Å². The van der Waals surface area contributed by atoms with Crippen LogP contribution in [0.15, 0.2) is 18.2 Å². The summed E-state index contributed by atoms with van der Waals surface area (Å²) >= 11 is 5.66. The lowest BCUT2D eigenvalue weighted by molar-refractivity contribution is -0.124. The molecular weight excluding hydrogens is 243 g/mol. The van der Waals surface area contributed by atoms with Crippen molar-refractivity contribution >= 4 is 17.5 Å². The van der Waals surface area contributed by atoms with E-state index < -0.39 is 5.82 Å². The Morgan fingerprint density at radius 2 is 2.41 bits per heavy atom. The van der Waals surface area contributed by atoms with Crippen molar-refractivity contribution in [1.29, 1.82) is 0 Å². The van der Waals surface area contributed by atoms with Gasteiger partial charge in [0.1, 0.15) is 5.82 Å². The molecule has 1 saturated heterocycles. The number of hydrogen-bond donors (Lipinski definition) is 2. The topological polar surface area (TPSA) is 41.1 Å². The molecule has 1 aromatic rings. The van der Waals surface area contributed by atoms with E-state index in [1.54, 1.807) is 6.07 Å². The maximum absolute atomic E-state index is 12.9. The molecule has 1 amide bonds. The molecule has 0 radical (unpaired) electrons. The fraction of sp³-hybridized carbons (Fsp3) is 0.417. The van der Waals surface area contributed by atoms with Gasteiger partial charge in [-0.1, -0.05) is 17.7 Å². The Balaban J connectivity index is 1.88. The lowest BCUT2D eigenvalue weighted by Gasteiger charge is -2.10. The quantitative estimate of drug-likeness (QED) is 0.864. The summed E-state index contributed by atoms with van der Waals surface area (Å²) in [5.41, 5.74) is 0.802. The molecule has 1 aliphatic heterocycles. The molecule has 1 fully saturated rings. The van der Waals surface area contributed by atoms with Crippen molar-refractivity contribution in [1.82, 2.24) is 10.6 Å². The maximum atomic E-state index is 12.9. The molecule has 0 spiro atoms. The molecule has 1 atom stereocenters. The first-order valence-corrected chi connectivity index (χ1v) is 5.97. The highest BCUT2D eigenvalue weighted by atomic mass is 35.5. The van der Waals surface area contributed by atoms with E-state index in [0.717, 1.165) is 25.1 Å². The lowest BCUT2D eigenvalue weighted by atomic mass is 10.1. The lowest BCUT2D eigenvalue weighted by Crippen LogP contribution is -2.31. The van der Waals surface area contributed by atoms with Gasteiger partial charge in [-0.3, -0.25) is 4.79 Å². The molecule has 92 valence electrons. The van der Waals surface area contributed by atoms with Crippen LogP contribution in [-0.4, -0.2) is 19.0 Å². The molecule has 17 heavy (non-hydrogen) atoms. The molecule has 0 bridgehead atoms. The van der Waals surface area contributed by atoms with E-state index in [1.807, 2.05) is 0 Å². The minimum Gasteiger partial charge on any atom is -0.352 e. The summed E-state index contributed by atoms with van der Waals surface area (Å²) in [6.07, 6.45) is 0.871. The molecule has 1 unspecified atom stereocenters.